The first-order chi connectivity index (χ1) is 13.0. The Bertz CT molecular complexity index is 508. The Balaban J connectivity index is 1.58. The molecule has 4 aliphatic carbocycles. The van der Waals surface area contributed by atoms with E-state index in [2.05, 4.69) is 34.6 Å². The lowest BCUT2D eigenvalue weighted by Crippen LogP contribution is -2.55. The van der Waals surface area contributed by atoms with Crippen molar-refractivity contribution in [3.63, 3.8) is 0 Å². The minimum Gasteiger partial charge on any atom is -0.0654 e. The maximum Gasteiger partial charge on any atom is -0.0264 e. The molecular weight excluding hydrogens is 324 g/mol. The van der Waals surface area contributed by atoms with E-state index in [0.29, 0.717) is 10.8 Å². The molecule has 9 atom stereocenters. The van der Waals surface area contributed by atoms with Crippen LogP contribution in [0.4, 0.5) is 0 Å². The van der Waals surface area contributed by atoms with Crippen LogP contribution in [0.15, 0.2) is 0 Å². The van der Waals surface area contributed by atoms with Gasteiger partial charge < -0.3 is 0 Å². The van der Waals surface area contributed by atoms with Crippen LogP contribution in [0, 0.1) is 52.3 Å². The van der Waals surface area contributed by atoms with Gasteiger partial charge >= 0.3 is 0 Å². The lowest BCUT2D eigenvalue weighted by molar-refractivity contribution is -0.138. The van der Waals surface area contributed by atoms with Crippen molar-refractivity contribution >= 4 is 0 Å². The van der Waals surface area contributed by atoms with Gasteiger partial charge in [0.2, 0.25) is 0 Å². The average Bonchev–Trinajstić information content (AvgIpc) is 3.02. The standard InChI is InChI=1S/C27H48/c1-6-8-11-19(3)22-13-14-24-21-18-20(7-2)23-12-9-10-16-26(23,4)25(21)15-17-27(22,24)5/h19-25H,6-18H2,1-5H3/t19-,20+,21?,22?,23?,24?,25?,26?,27?/m1/s1. The molecule has 4 aliphatic rings. The molecule has 156 valence electrons. The number of hydrogen-bond acceptors (Lipinski definition) is 0. The molecule has 0 nitrogen and oxygen atoms in total. The van der Waals surface area contributed by atoms with Crippen molar-refractivity contribution in [2.75, 3.05) is 0 Å². The third-order valence-corrected chi connectivity index (χ3v) is 11.1. The Hall–Kier alpha value is 0. The van der Waals surface area contributed by atoms with Gasteiger partial charge in [-0.25, -0.2) is 0 Å². The summed E-state index contributed by atoms with van der Waals surface area (Å²) >= 11 is 0. The van der Waals surface area contributed by atoms with Gasteiger partial charge in [0, 0.05) is 0 Å². The normalized spacial score (nSPS) is 50.6. The number of rotatable bonds is 5. The highest BCUT2D eigenvalue weighted by Crippen LogP contribution is 2.69. The molecule has 0 aliphatic heterocycles. The minimum absolute atomic E-state index is 0.671. The summed E-state index contributed by atoms with van der Waals surface area (Å²) in [4.78, 5) is 0. The number of fused-ring (bicyclic) bond motifs is 5. The summed E-state index contributed by atoms with van der Waals surface area (Å²) in [5.74, 6) is 7.26. The summed E-state index contributed by atoms with van der Waals surface area (Å²) in [5, 5.41) is 0. The van der Waals surface area contributed by atoms with E-state index < -0.39 is 0 Å². The van der Waals surface area contributed by atoms with Gasteiger partial charge in [-0.3, -0.25) is 0 Å². The summed E-state index contributed by atoms with van der Waals surface area (Å²) in [5.41, 5.74) is 1.36. The SMILES string of the molecule is CCCC[C@@H](C)C1CCC2C3C[C@H](CC)C4CCCCC4(C)C3CCC21C. The van der Waals surface area contributed by atoms with Gasteiger partial charge in [-0.15, -0.1) is 0 Å². The van der Waals surface area contributed by atoms with Gasteiger partial charge in [0.05, 0.1) is 0 Å². The molecule has 0 aromatic carbocycles. The Morgan fingerprint density at radius 2 is 1.63 bits per heavy atom. The van der Waals surface area contributed by atoms with Crippen LogP contribution in [-0.4, -0.2) is 0 Å². The molecule has 0 radical (unpaired) electrons. The summed E-state index contributed by atoms with van der Waals surface area (Å²) in [6.07, 6.45) is 19.7. The van der Waals surface area contributed by atoms with Gasteiger partial charge in [-0.1, -0.05) is 73.1 Å². The first-order valence-electron chi connectivity index (χ1n) is 13.0. The van der Waals surface area contributed by atoms with Gasteiger partial charge in [-0.2, -0.15) is 0 Å². The molecule has 27 heavy (non-hydrogen) atoms. The first kappa shape index (κ1) is 20.3. The van der Waals surface area contributed by atoms with Crippen molar-refractivity contribution in [2.24, 2.45) is 52.3 Å². The summed E-state index contributed by atoms with van der Waals surface area (Å²) < 4.78 is 0. The maximum absolute atomic E-state index is 2.76. The maximum atomic E-state index is 2.76. The van der Waals surface area contributed by atoms with E-state index in [1.54, 1.807) is 44.9 Å². The van der Waals surface area contributed by atoms with Crippen molar-refractivity contribution in [1.29, 1.82) is 0 Å². The van der Waals surface area contributed by atoms with Crippen LogP contribution in [0.3, 0.4) is 0 Å². The first-order valence-corrected chi connectivity index (χ1v) is 13.0. The lowest BCUT2D eigenvalue weighted by Gasteiger charge is -2.63. The highest BCUT2D eigenvalue weighted by molar-refractivity contribution is 5.10. The van der Waals surface area contributed by atoms with Crippen LogP contribution in [0.1, 0.15) is 118 Å². The molecule has 4 saturated carbocycles. The van der Waals surface area contributed by atoms with Crippen LogP contribution in [-0.2, 0) is 0 Å². The zero-order valence-electron chi connectivity index (χ0n) is 19.2. The second kappa shape index (κ2) is 7.68. The van der Waals surface area contributed by atoms with Gasteiger partial charge in [0.1, 0.15) is 0 Å². The van der Waals surface area contributed by atoms with E-state index in [9.17, 15) is 0 Å². The van der Waals surface area contributed by atoms with Gasteiger partial charge in [0.15, 0.2) is 0 Å². The molecule has 0 heteroatoms. The van der Waals surface area contributed by atoms with Crippen LogP contribution < -0.4 is 0 Å². The molecule has 0 N–H and O–H groups in total. The molecule has 0 heterocycles. The third-order valence-electron chi connectivity index (χ3n) is 11.1. The Kier molecular flexibility index (Phi) is 5.77. The largest absolute Gasteiger partial charge is 0.0654 e. The predicted molar refractivity (Wildman–Crippen MR) is 118 cm³/mol. The predicted octanol–water partition coefficient (Wildman–Crippen LogP) is 8.50. The second-order valence-electron chi connectivity index (χ2n) is 12.0. The zero-order valence-corrected chi connectivity index (χ0v) is 19.2. The van der Waals surface area contributed by atoms with E-state index in [1.165, 1.54) is 38.5 Å². The van der Waals surface area contributed by atoms with Crippen molar-refractivity contribution in [2.45, 2.75) is 118 Å². The second-order valence-corrected chi connectivity index (χ2v) is 12.0. The third kappa shape index (κ3) is 3.15. The Morgan fingerprint density at radius 3 is 2.37 bits per heavy atom. The van der Waals surface area contributed by atoms with Crippen molar-refractivity contribution in [1.82, 2.24) is 0 Å². The average molecular weight is 373 g/mol. The van der Waals surface area contributed by atoms with Crippen LogP contribution >= 0.6 is 0 Å². The molecule has 0 aromatic heterocycles. The zero-order chi connectivity index (χ0) is 19.2. The fourth-order valence-corrected chi connectivity index (χ4v) is 9.72. The molecular formula is C27H48. The van der Waals surface area contributed by atoms with E-state index in [0.717, 1.165) is 41.4 Å². The summed E-state index contributed by atoms with van der Waals surface area (Å²) in [6.45, 7) is 13.0. The highest BCUT2D eigenvalue weighted by atomic mass is 14.7. The molecule has 0 spiro atoms. The molecule has 4 rings (SSSR count). The van der Waals surface area contributed by atoms with Gasteiger partial charge in [0.25, 0.3) is 0 Å². The summed E-state index contributed by atoms with van der Waals surface area (Å²) in [7, 11) is 0. The smallest absolute Gasteiger partial charge is 0.0264 e. The fourth-order valence-electron chi connectivity index (χ4n) is 9.72. The van der Waals surface area contributed by atoms with Crippen molar-refractivity contribution in [3.05, 3.63) is 0 Å². The topological polar surface area (TPSA) is 0 Å². The van der Waals surface area contributed by atoms with Crippen molar-refractivity contribution < 1.29 is 0 Å². The minimum atomic E-state index is 0.671. The van der Waals surface area contributed by atoms with Crippen LogP contribution in [0.2, 0.25) is 0 Å². The molecule has 7 unspecified atom stereocenters. The van der Waals surface area contributed by atoms with Gasteiger partial charge in [-0.05, 0) is 97.2 Å². The van der Waals surface area contributed by atoms with Crippen LogP contribution in [0.5, 0.6) is 0 Å². The van der Waals surface area contributed by atoms with E-state index in [-0.39, 0.29) is 0 Å². The Morgan fingerprint density at radius 1 is 0.852 bits per heavy atom. The fraction of sp³-hybridized carbons (Fsp3) is 1.00. The van der Waals surface area contributed by atoms with Crippen LogP contribution in [0.25, 0.3) is 0 Å². The molecule has 0 amide bonds. The molecule has 0 aromatic rings. The number of hydrogen-bond donors (Lipinski definition) is 0. The Labute approximate surface area is 170 Å². The molecule has 0 saturated heterocycles. The highest BCUT2D eigenvalue weighted by Gasteiger charge is 2.61. The molecule has 0 bridgehead atoms. The molecule has 4 fully saturated rings. The monoisotopic (exact) mass is 372 g/mol. The van der Waals surface area contributed by atoms with E-state index in [4.69, 9.17) is 0 Å². The quantitative estimate of drug-likeness (QED) is 0.453. The lowest BCUT2D eigenvalue weighted by atomic mass is 9.42. The number of unbranched alkanes of at least 4 members (excludes halogenated alkanes) is 1. The van der Waals surface area contributed by atoms with Crippen molar-refractivity contribution in [3.8, 4) is 0 Å². The van der Waals surface area contributed by atoms with E-state index >= 15 is 0 Å². The summed E-state index contributed by atoms with van der Waals surface area (Å²) in [6, 6.07) is 0. The van der Waals surface area contributed by atoms with E-state index in [1.807, 2.05) is 0 Å².